The molecule has 4 aromatic rings. The van der Waals surface area contributed by atoms with Gasteiger partial charge in [-0.2, -0.15) is 10.2 Å². The molecule has 4 rings (SSSR count). The number of nitrogens with one attached hydrogen (secondary N) is 2. The maximum Gasteiger partial charge on any atom is 0.290 e. The molecule has 0 radical (unpaired) electrons. The number of carbonyl (C=O) groups excluding carboxylic acids is 2. The number of nitrogens with zero attached hydrogens (tertiary/aromatic N) is 4. The number of carbonyl (C=O) groups is 2. The highest BCUT2D eigenvalue weighted by Gasteiger charge is 2.19. The molecule has 0 fully saturated rings. The third-order valence-corrected chi connectivity index (χ3v) is 5.93. The van der Waals surface area contributed by atoms with Crippen molar-refractivity contribution in [2.75, 3.05) is 0 Å². The van der Waals surface area contributed by atoms with Gasteiger partial charge in [-0.15, -0.1) is 11.3 Å². The summed E-state index contributed by atoms with van der Waals surface area (Å²) in [5, 5.41) is 10.3. The maximum atomic E-state index is 12.8. The Labute approximate surface area is 175 Å². The second-order valence-corrected chi connectivity index (χ2v) is 7.90. The van der Waals surface area contributed by atoms with Crippen molar-refractivity contribution in [3.05, 3.63) is 57.0 Å². The van der Waals surface area contributed by atoms with Gasteiger partial charge in [0.05, 0.1) is 16.0 Å². The van der Waals surface area contributed by atoms with Gasteiger partial charge >= 0.3 is 0 Å². The van der Waals surface area contributed by atoms with Crippen LogP contribution in [0.25, 0.3) is 21.0 Å². The second kappa shape index (κ2) is 7.71. The topological polar surface area (TPSA) is 111 Å². The number of benzene rings is 1. The molecule has 9 nitrogen and oxygen atoms in total. The molecule has 0 saturated heterocycles. The van der Waals surface area contributed by atoms with Crippen LogP contribution in [-0.2, 0) is 13.6 Å². The van der Waals surface area contributed by atoms with Gasteiger partial charge in [0.25, 0.3) is 17.4 Å². The molecule has 0 unspecified atom stereocenters. The highest BCUT2D eigenvalue weighted by Crippen LogP contribution is 2.27. The van der Waals surface area contributed by atoms with E-state index in [0.29, 0.717) is 28.6 Å². The molecule has 154 valence electrons. The number of aryl methyl sites for hydroxylation is 3. The summed E-state index contributed by atoms with van der Waals surface area (Å²) in [5.41, 5.74) is 5.51. The van der Waals surface area contributed by atoms with E-state index in [9.17, 15) is 14.4 Å². The van der Waals surface area contributed by atoms with E-state index in [1.165, 1.54) is 16.0 Å². The molecule has 0 spiro atoms. The first kappa shape index (κ1) is 19.8. The Morgan fingerprint density at radius 3 is 2.47 bits per heavy atom. The zero-order chi connectivity index (χ0) is 21.4. The predicted molar refractivity (Wildman–Crippen MR) is 115 cm³/mol. The summed E-state index contributed by atoms with van der Waals surface area (Å²) in [6.45, 7) is 4.19. The molecule has 10 heteroatoms. The molecule has 2 N–H and O–H groups in total. The first-order valence-electron chi connectivity index (χ1n) is 9.44. The summed E-state index contributed by atoms with van der Waals surface area (Å²) in [4.78, 5) is 39.2. The molecule has 0 bridgehead atoms. The van der Waals surface area contributed by atoms with Crippen LogP contribution in [0, 0.1) is 6.92 Å². The van der Waals surface area contributed by atoms with Gasteiger partial charge < -0.3 is 0 Å². The van der Waals surface area contributed by atoms with Gasteiger partial charge in [-0.1, -0.05) is 25.1 Å². The van der Waals surface area contributed by atoms with Crippen molar-refractivity contribution in [2.45, 2.75) is 26.8 Å². The lowest BCUT2D eigenvalue weighted by Crippen LogP contribution is -2.42. The zero-order valence-electron chi connectivity index (χ0n) is 16.7. The van der Waals surface area contributed by atoms with Crippen LogP contribution >= 0.6 is 11.3 Å². The van der Waals surface area contributed by atoms with Crippen molar-refractivity contribution in [3.8, 4) is 0 Å². The highest BCUT2D eigenvalue weighted by atomic mass is 32.1. The van der Waals surface area contributed by atoms with Crippen molar-refractivity contribution in [1.82, 2.24) is 30.4 Å². The van der Waals surface area contributed by atoms with E-state index in [1.54, 1.807) is 35.0 Å². The smallest absolute Gasteiger partial charge is 0.267 e. The molecule has 0 aliphatic rings. The fourth-order valence-corrected chi connectivity index (χ4v) is 4.34. The molecule has 2 amide bonds. The van der Waals surface area contributed by atoms with E-state index in [2.05, 4.69) is 21.0 Å². The Balaban J connectivity index is 1.59. The van der Waals surface area contributed by atoms with Gasteiger partial charge in [-0.05, 0) is 25.5 Å². The fraction of sp³-hybridized carbons (Fsp3) is 0.250. The van der Waals surface area contributed by atoms with Crippen molar-refractivity contribution in [1.29, 1.82) is 0 Å². The van der Waals surface area contributed by atoms with Crippen molar-refractivity contribution in [3.63, 3.8) is 0 Å². The summed E-state index contributed by atoms with van der Waals surface area (Å²) in [6.07, 6.45) is 0.698. The highest BCUT2D eigenvalue weighted by molar-refractivity contribution is 7.20. The van der Waals surface area contributed by atoms with Crippen LogP contribution in [0.5, 0.6) is 0 Å². The van der Waals surface area contributed by atoms with E-state index in [1.807, 2.05) is 20.9 Å². The summed E-state index contributed by atoms with van der Waals surface area (Å²) in [6, 6.07) is 8.55. The Morgan fingerprint density at radius 1 is 1.07 bits per heavy atom. The number of hydrogen-bond donors (Lipinski definition) is 2. The van der Waals surface area contributed by atoms with Crippen LogP contribution < -0.4 is 16.4 Å². The normalized spacial score (nSPS) is 11.2. The number of thiophene rings is 1. The number of aromatic nitrogens is 4. The van der Waals surface area contributed by atoms with E-state index in [4.69, 9.17) is 0 Å². The van der Waals surface area contributed by atoms with E-state index >= 15 is 0 Å². The minimum Gasteiger partial charge on any atom is -0.267 e. The average molecular weight is 424 g/mol. The van der Waals surface area contributed by atoms with Crippen LogP contribution in [0.1, 0.15) is 39.2 Å². The van der Waals surface area contributed by atoms with Crippen LogP contribution in [0.2, 0.25) is 0 Å². The number of hydrazine groups is 1. The lowest BCUT2D eigenvalue weighted by molar-refractivity contribution is 0.0846. The Bertz CT molecular complexity index is 1320. The van der Waals surface area contributed by atoms with Crippen LogP contribution in [0.15, 0.2) is 35.1 Å². The first-order valence-corrected chi connectivity index (χ1v) is 10.3. The van der Waals surface area contributed by atoms with E-state index in [0.717, 1.165) is 15.9 Å². The summed E-state index contributed by atoms with van der Waals surface area (Å²) in [5.74, 6) is -1.03. The maximum absolute atomic E-state index is 12.8. The molecule has 3 heterocycles. The largest absolute Gasteiger partial charge is 0.290 e. The molecule has 1 aromatic carbocycles. The van der Waals surface area contributed by atoms with Gasteiger partial charge in [-0.3, -0.25) is 29.9 Å². The van der Waals surface area contributed by atoms with E-state index in [-0.39, 0.29) is 11.3 Å². The number of rotatable bonds is 4. The molecule has 0 aliphatic carbocycles. The summed E-state index contributed by atoms with van der Waals surface area (Å²) in [7, 11) is 1.82. The SMILES string of the molecule is CCCn1nc(C(=O)NNC(=O)c2cc3c(C)nn(C)c3s2)c2ccccc2c1=O. The molecule has 0 saturated carbocycles. The lowest BCUT2D eigenvalue weighted by atomic mass is 10.1. The minimum atomic E-state index is -0.594. The molecule has 3 aromatic heterocycles. The van der Waals surface area contributed by atoms with Crippen LogP contribution in [0.4, 0.5) is 0 Å². The lowest BCUT2D eigenvalue weighted by Gasteiger charge is -2.11. The predicted octanol–water partition coefficient (Wildman–Crippen LogP) is 2.14. The fourth-order valence-electron chi connectivity index (χ4n) is 3.32. The molecule has 30 heavy (non-hydrogen) atoms. The van der Waals surface area contributed by atoms with Crippen LogP contribution in [-0.4, -0.2) is 31.4 Å². The first-order chi connectivity index (χ1) is 14.4. The third-order valence-electron chi connectivity index (χ3n) is 4.73. The standard InChI is InChI=1S/C20H20N6O3S/c1-4-9-26-19(29)13-8-6-5-7-12(13)16(24-26)18(28)22-21-17(27)15-10-14-11(2)23-25(3)20(14)30-15/h5-8,10H,4,9H2,1-3H3,(H,21,27)(H,22,28). The van der Waals surface area contributed by atoms with Gasteiger partial charge in [0.15, 0.2) is 5.69 Å². The third kappa shape index (κ3) is 3.35. The monoisotopic (exact) mass is 424 g/mol. The number of amides is 2. The molecular formula is C20H20N6O3S. The Hall–Kier alpha value is -3.53. The van der Waals surface area contributed by atoms with Crippen molar-refractivity contribution < 1.29 is 9.59 Å². The van der Waals surface area contributed by atoms with Crippen molar-refractivity contribution >= 4 is 44.1 Å². The Morgan fingerprint density at radius 2 is 1.77 bits per heavy atom. The van der Waals surface area contributed by atoms with Crippen molar-refractivity contribution in [2.24, 2.45) is 7.05 Å². The molecule has 0 atom stereocenters. The summed E-state index contributed by atoms with van der Waals surface area (Å²) < 4.78 is 3.00. The minimum absolute atomic E-state index is 0.0790. The number of fused-ring (bicyclic) bond motifs is 2. The van der Waals surface area contributed by atoms with Gasteiger partial charge in [0.1, 0.15) is 4.83 Å². The number of hydrogen-bond acceptors (Lipinski definition) is 6. The van der Waals surface area contributed by atoms with Gasteiger partial charge in [0, 0.05) is 24.4 Å². The van der Waals surface area contributed by atoms with Gasteiger partial charge in [-0.25, -0.2) is 4.68 Å². The Kier molecular flexibility index (Phi) is 5.08. The zero-order valence-corrected chi connectivity index (χ0v) is 17.5. The van der Waals surface area contributed by atoms with Gasteiger partial charge in [0.2, 0.25) is 0 Å². The summed E-state index contributed by atoms with van der Waals surface area (Å²) >= 11 is 1.29. The second-order valence-electron chi connectivity index (χ2n) is 6.87. The molecule has 0 aliphatic heterocycles. The van der Waals surface area contributed by atoms with Crippen LogP contribution in [0.3, 0.4) is 0 Å². The average Bonchev–Trinajstić information content (AvgIpc) is 3.29. The van der Waals surface area contributed by atoms with E-state index < -0.39 is 11.8 Å². The quantitative estimate of drug-likeness (QED) is 0.488. The molecular weight excluding hydrogens is 404 g/mol.